The van der Waals surface area contributed by atoms with Crippen LogP contribution in [0.4, 0.5) is 0 Å². The van der Waals surface area contributed by atoms with Gasteiger partial charge in [-0.1, -0.05) is 18.2 Å². The SMILES string of the molecule is O=C(OC1CC1)c1ccccc1. The largest absolute Gasteiger partial charge is 0.459 e. The van der Waals surface area contributed by atoms with E-state index in [0.29, 0.717) is 5.56 Å². The molecule has 1 saturated carbocycles. The second-order valence-corrected chi connectivity index (χ2v) is 2.97. The van der Waals surface area contributed by atoms with E-state index in [1.165, 1.54) is 0 Å². The summed E-state index contributed by atoms with van der Waals surface area (Å²) in [5.41, 5.74) is 0.643. The van der Waals surface area contributed by atoms with Crippen LogP contribution >= 0.6 is 0 Å². The summed E-state index contributed by atoms with van der Waals surface area (Å²) in [6.45, 7) is 0. The summed E-state index contributed by atoms with van der Waals surface area (Å²) < 4.78 is 5.11. The molecule has 12 heavy (non-hydrogen) atoms. The van der Waals surface area contributed by atoms with Crippen LogP contribution in [0.15, 0.2) is 30.3 Å². The molecule has 0 aromatic heterocycles. The monoisotopic (exact) mass is 162 g/mol. The first kappa shape index (κ1) is 7.35. The van der Waals surface area contributed by atoms with Crippen molar-refractivity contribution in [3.8, 4) is 0 Å². The standard InChI is InChI=1S/C10H10O2/c11-10(12-9-6-7-9)8-4-2-1-3-5-8/h1-5,9H,6-7H2. The fourth-order valence-corrected chi connectivity index (χ4v) is 0.980. The molecule has 2 heteroatoms. The first-order chi connectivity index (χ1) is 5.86. The average Bonchev–Trinajstić information content (AvgIpc) is 2.90. The van der Waals surface area contributed by atoms with Gasteiger partial charge in [0.1, 0.15) is 6.10 Å². The van der Waals surface area contributed by atoms with Crippen molar-refractivity contribution in [2.75, 3.05) is 0 Å². The van der Waals surface area contributed by atoms with Crippen molar-refractivity contribution in [2.45, 2.75) is 18.9 Å². The highest BCUT2D eigenvalue weighted by Gasteiger charge is 2.26. The van der Waals surface area contributed by atoms with Crippen molar-refractivity contribution < 1.29 is 9.53 Å². The lowest BCUT2D eigenvalue weighted by Gasteiger charge is -2.00. The number of rotatable bonds is 2. The van der Waals surface area contributed by atoms with E-state index in [9.17, 15) is 4.79 Å². The highest BCUT2D eigenvalue weighted by atomic mass is 16.5. The number of carbonyl (C=O) groups excluding carboxylic acids is 1. The summed E-state index contributed by atoms with van der Waals surface area (Å²) in [6, 6.07) is 9.09. The van der Waals surface area contributed by atoms with Crippen LogP contribution in [-0.2, 0) is 4.74 Å². The molecule has 1 aliphatic carbocycles. The van der Waals surface area contributed by atoms with Crippen LogP contribution in [0.5, 0.6) is 0 Å². The van der Waals surface area contributed by atoms with Gasteiger partial charge in [-0.15, -0.1) is 0 Å². The molecule has 0 heterocycles. The third-order valence-corrected chi connectivity index (χ3v) is 1.81. The normalized spacial score (nSPS) is 15.7. The Hall–Kier alpha value is -1.31. The summed E-state index contributed by atoms with van der Waals surface area (Å²) in [6.07, 6.45) is 2.25. The summed E-state index contributed by atoms with van der Waals surface area (Å²) in [7, 11) is 0. The molecule has 0 unspecified atom stereocenters. The van der Waals surface area contributed by atoms with Crippen LogP contribution in [-0.4, -0.2) is 12.1 Å². The molecular formula is C10H10O2. The first-order valence-corrected chi connectivity index (χ1v) is 4.12. The molecule has 0 atom stereocenters. The molecular weight excluding hydrogens is 152 g/mol. The molecule has 0 saturated heterocycles. The smallest absolute Gasteiger partial charge is 0.338 e. The lowest BCUT2D eigenvalue weighted by molar-refractivity contribution is 0.0472. The second kappa shape index (κ2) is 2.97. The van der Waals surface area contributed by atoms with Crippen LogP contribution in [0.25, 0.3) is 0 Å². The van der Waals surface area contributed by atoms with Crippen molar-refractivity contribution in [3.63, 3.8) is 0 Å². The summed E-state index contributed by atoms with van der Waals surface area (Å²) >= 11 is 0. The minimum Gasteiger partial charge on any atom is -0.459 e. The Kier molecular flexibility index (Phi) is 1.82. The molecule has 0 radical (unpaired) electrons. The third kappa shape index (κ3) is 1.64. The molecule has 2 nitrogen and oxygen atoms in total. The predicted octanol–water partition coefficient (Wildman–Crippen LogP) is 2.01. The van der Waals surface area contributed by atoms with Crippen LogP contribution < -0.4 is 0 Å². The Morgan fingerprint density at radius 3 is 2.50 bits per heavy atom. The third-order valence-electron chi connectivity index (χ3n) is 1.81. The van der Waals surface area contributed by atoms with E-state index in [1.807, 2.05) is 18.2 Å². The van der Waals surface area contributed by atoms with Crippen LogP contribution in [0.1, 0.15) is 23.2 Å². The number of hydrogen-bond acceptors (Lipinski definition) is 2. The Balaban J connectivity index is 2.03. The number of carbonyl (C=O) groups is 1. The zero-order chi connectivity index (χ0) is 8.39. The van der Waals surface area contributed by atoms with Gasteiger partial charge in [-0.3, -0.25) is 0 Å². The lowest BCUT2D eigenvalue weighted by atomic mass is 10.2. The van der Waals surface area contributed by atoms with Gasteiger partial charge >= 0.3 is 5.97 Å². The van der Waals surface area contributed by atoms with E-state index in [0.717, 1.165) is 12.8 Å². The Morgan fingerprint density at radius 2 is 1.92 bits per heavy atom. The van der Waals surface area contributed by atoms with Gasteiger partial charge < -0.3 is 4.74 Å². The van der Waals surface area contributed by atoms with Gasteiger partial charge in [0, 0.05) is 0 Å². The van der Waals surface area contributed by atoms with Crippen LogP contribution in [0, 0.1) is 0 Å². The van der Waals surface area contributed by atoms with Gasteiger partial charge in [0.05, 0.1) is 5.56 Å². The van der Waals surface area contributed by atoms with Gasteiger partial charge in [0.15, 0.2) is 0 Å². The maximum Gasteiger partial charge on any atom is 0.338 e. The topological polar surface area (TPSA) is 26.3 Å². The van der Waals surface area contributed by atoms with Crippen molar-refractivity contribution in [1.82, 2.24) is 0 Å². The zero-order valence-corrected chi connectivity index (χ0v) is 6.69. The fourth-order valence-electron chi connectivity index (χ4n) is 0.980. The molecule has 0 amide bonds. The molecule has 2 rings (SSSR count). The predicted molar refractivity (Wildman–Crippen MR) is 44.9 cm³/mol. The van der Waals surface area contributed by atoms with Crippen molar-refractivity contribution in [2.24, 2.45) is 0 Å². The number of benzene rings is 1. The minimum atomic E-state index is -0.196. The van der Waals surface area contributed by atoms with Crippen LogP contribution in [0.3, 0.4) is 0 Å². The van der Waals surface area contributed by atoms with E-state index in [2.05, 4.69) is 0 Å². The fraction of sp³-hybridized carbons (Fsp3) is 0.300. The summed E-state index contributed by atoms with van der Waals surface area (Å²) in [5.74, 6) is -0.196. The highest BCUT2D eigenvalue weighted by Crippen LogP contribution is 2.24. The summed E-state index contributed by atoms with van der Waals surface area (Å²) in [5, 5.41) is 0. The average molecular weight is 162 g/mol. The quantitative estimate of drug-likeness (QED) is 0.622. The van der Waals surface area contributed by atoms with Gasteiger partial charge in [0.2, 0.25) is 0 Å². The van der Waals surface area contributed by atoms with E-state index in [-0.39, 0.29) is 12.1 Å². The second-order valence-electron chi connectivity index (χ2n) is 2.97. The maximum atomic E-state index is 11.3. The van der Waals surface area contributed by atoms with Gasteiger partial charge in [-0.25, -0.2) is 4.79 Å². The molecule has 1 aliphatic rings. The van der Waals surface area contributed by atoms with Crippen molar-refractivity contribution in [1.29, 1.82) is 0 Å². The molecule has 1 fully saturated rings. The molecule has 0 N–H and O–H groups in total. The van der Waals surface area contributed by atoms with Gasteiger partial charge in [-0.05, 0) is 25.0 Å². The Morgan fingerprint density at radius 1 is 1.25 bits per heavy atom. The van der Waals surface area contributed by atoms with Gasteiger partial charge in [0.25, 0.3) is 0 Å². The van der Waals surface area contributed by atoms with E-state index < -0.39 is 0 Å². The first-order valence-electron chi connectivity index (χ1n) is 4.12. The molecule has 0 bridgehead atoms. The lowest BCUT2D eigenvalue weighted by Crippen LogP contribution is -2.05. The van der Waals surface area contributed by atoms with Gasteiger partial charge in [-0.2, -0.15) is 0 Å². The molecule has 0 spiro atoms. The molecule has 1 aromatic carbocycles. The Labute approximate surface area is 71.2 Å². The summed E-state index contributed by atoms with van der Waals surface area (Å²) in [4.78, 5) is 11.3. The minimum absolute atomic E-state index is 0.192. The molecule has 62 valence electrons. The Bertz CT molecular complexity index is 275. The molecule has 1 aromatic rings. The molecule has 0 aliphatic heterocycles. The van der Waals surface area contributed by atoms with Crippen molar-refractivity contribution >= 4 is 5.97 Å². The number of esters is 1. The van der Waals surface area contributed by atoms with Crippen molar-refractivity contribution in [3.05, 3.63) is 35.9 Å². The number of ether oxygens (including phenoxy) is 1. The zero-order valence-electron chi connectivity index (χ0n) is 6.69. The highest BCUT2D eigenvalue weighted by molar-refractivity contribution is 5.89. The van der Waals surface area contributed by atoms with E-state index >= 15 is 0 Å². The maximum absolute atomic E-state index is 11.3. The van der Waals surface area contributed by atoms with E-state index in [1.54, 1.807) is 12.1 Å². The van der Waals surface area contributed by atoms with E-state index in [4.69, 9.17) is 4.74 Å². The van der Waals surface area contributed by atoms with Crippen LogP contribution in [0.2, 0.25) is 0 Å². The number of hydrogen-bond donors (Lipinski definition) is 0.